The second kappa shape index (κ2) is 4.34. The molecule has 6 heteroatoms. The summed E-state index contributed by atoms with van der Waals surface area (Å²) in [6.07, 6.45) is 0. The van der Waals surface area contributed by atoms with E-state index in [9.17, 15) is 8.42 Å². The van der Waals surface area contributed by atoms with Gasteiger partial charge in [-0.2, -0.15) is 0 Å². The zero-order valence-corrected chi connectivity index (χ0v) is 9.89. The number of nitrogens with one attached hydrogen (secondary N) is 1. The maximum absolute atomic E-state index is 11.8. The molecule has 0 spiro atoms. The van der Waals surface area contributed by atoms with E-state index >= 15 is 0 Å². The topological polar surface area (TPSA) is 85.3 Å². The Kier molecular flexibility index (Phi) is 3.54. The second-order valence-corrected chi connectivity index (χ2v) is 5.30. The summed E-state index contributed by atoms with van der Waals surface area (Å²) < 4.78 is 31.2. The van der Waals surface area contributed by atoms with Crippen molar-refractivity contribution in [2.45, 2.75) is 38.3 Å². The van der Waals surface area contributed by atoms with E-state index < -0.39 is 10.0 Å². The van der Waals surface area contributed by atoms with Gasteiger partial charge in [-0.1, -0.05) is 0 Å². The van der Waals surface area contributed by atoms with Crippen LogP contribution in [0.3, 0.4) is 0 Å². The average molecular weight is 232 g/mol. The number of hydrogen-bond donors (Lipinski definition) is 2. The predicted molar refractivity (Wildman–Crippen MR) is 56.8 cm³/mol. The molecule has 1 aromatic heterocycles. The highest BCUT2D eigenvalue weighted by Crippen LogP contribution is 2.19. The van der Waals surface area contributed by atoms with Crippen LogP contribution in [-0.4, -0.2) is 14.5 Å². The van der Waals surface area contributed by atoms with Gasteiger partial charge in [0.2, 0.25) is 10.0 Å². The largest absolute Gasteiger partial charge is 0.464 e. The Hall–Kier alpha value is -0.850. The van der Waals surface area contributed by atoms with Crippen LogP contribution in [0.2, 0.25) is 0 Å². The van der Waals surface area contributed by atoms with Gasteiger partial charge in [-0.05, 0) is 20.8 Å². The van der Waals surface area contributed by atoms with Crippen molar-refractivity contribution in [1.82, 2.24) is 4.72 Å². The summed E-state index contributed by atoms with van der Waals surface area (Å²) in [6.45, 7) is 5.32. The van der Waals surface area contributed by atoms with E-state index in [1.54, 1.807) is 20.8 Å². The first-order chi connectivity index (χ1) is 6.86. The molecule has 0 fully saturated rings. The Labute approximate surface area is 89.7 Å². The van der Waals surface area contributed by atoms with Crippen LogP contribution in [0.5, 0.6) is 0 Å². The minimum absolute atomic E-state index is 0.148. The second-order valence-electron chi connectivity index (χ2n) is 3.61. The summed E-state index contributed by atoms with van der Waals surface area (Å²) in [5.74, 6) is 0.834. The number of sulfonamides is 1. The molecule has 0 amide bonds. The first kappa shape index (κ1) is 12.2. The third-order valence-electron chi connectivity index (χ3n) is 1.80. The molecule has 0 unspecified atom stereocenters. The van der Waals surface area contributed by atoms with Crippen LogP contribution < -0.4 is 10.5 Å². The summed E-state index contributed by atoms with van der Waals surface area (Å²) in [6, 6.07) is 1.31. The molecule has 0 saturated heterocycles. The SMILES string of the molecule is Cc1oc(CN)cc1S(=O)(=O)NC(C)C. The molecule has 0 aliphatic heterocycles. The highest BCUT2D eigenvalue weighted by molar-refractivity contribution is 7.89. The number of nitrogens with two attached hydrogens (primary N) is 1. The predicted octanol–water partition coefficient (Wildman–Crippen LogP) is 0.733. The van der Waals surface area contributed by atoms with Crippen molar-refractivity contribution in [2.75, 3.05) is 0 Å². The highest BCUT2D eigenvalue weighted by Gasteiger charge is 2.21. The van der Waals surface area contributed by atoms with E-state index in [0.29, 0.717) is 11.5 Å². The first-order valence-electron chi connectivity index (χ1n) is 4.68. The molecule has 1 heterocycles. The lowest BCUT2D eigenvalue weighted by atomic mass is 10.4. The summed E-state index contributed by atoms with van der Waals surface area (Å²) in [5, 5.41) is 0. The fourth-order valence-corrected chi connectivity index (χ4v) is 2.72. The zero-order chi connectivity index (χ0) is 11.6. The Balaban J connectivity index is 3.09. The summed E-state index contributed by atoms with van der Waals surface area (Å²) in [7, 11) is -3.48. The van der Waals surface area contributed by atoms with Gasteiger partial charge in [0.15, 0.2) is 0 Å². The van der Waals surface area contributed by atoms with Crippen molar-refractivity contribution in [1.29, 1.82) is 0 Å². The van der Waals surface area contributed by atoms with Gasteiger partial charge < -0.3 is 10.2 Å². The van der Waals surface area contributed by atoms with Gasteiger partial charge in [0.25, 0.3) is 0 Å². The third-order valence-corrected chi connectivity index (χ3v) is 3.57. The molecule has 0 aliphatic carbocycles. The van der Waals surface area contributed by atoms with Crippen LogP contribution >= 0.6 is 0 Å². The van der Waals surface area contributed by atoms with Crippen LogP contribution in [0.25, 0.3) is 0 Å². The molecule has 0 aromatic carbocycles. The molecule has 15 heavy (non-hydrogen) atoms. The van der Waals surface area contributed by atoms with Crippen LogP contribution in [-0.2, 0) is 16.6 Å². The van der Waals surface area contributed by atoms with E-state index in [4.69, 9.17) is 10.2 Å². The van der Waals surface area contributed by atoms with Gasteiger partial charge in [-0.3, -0.25) is 0 Å². The standard InChI is InChI=1S/C9H16N2O3S/c1-6(2)11-15(12,13)9-4-8(5-10)14-7(9)3/h4,6,11H,5,10H2,1-3H3. The van der Waals surface area contributed by atoms with E-state index in [1.165, 1.54) is 6.07 Å². The Bertz CT molecular complexity index is 434. The Morgan fingerprint density at radius 3 is 2.53 bits per heavy atom. The molecular weight excluding hydrogens is 216 g/mol. The molecule has 0 radical (unpaired) electrons. The maximum atomic E-state index is 11.8. The molecule has 1 aromatic rings. The molecule has 3 N–H and O–H groups in total. The highest BCUT2D eigenvalue weighted by atomic mass is 32.2. The third kappa shape index (κ3) is 2.80. The maximum Gasteiger partial charge on any atom is 0.244 e. The van der Waals surface area contributed by atoms with E-state index in [2.05, 4.69) is 4.72 Å². The first-order valence-corrected chi connectivity index (χ1v) is 6.17. The van der Waals surface area contributed by atoms with E-state index in [-0.39, 0.29) is 17.5 Å². The van der Waals surface area contributed by atoms with Crippen LogP contribution in [0.4, 0.5) is 0 Å². The van der Waals surface area contributed by atoms with E-state index in [1.807, 2.05) is 0 Å². The summed E-state index contributed by atoms with van der Waals surface area (Å²) >= 11 is 0. The van der Waals surface area contributed by atoms with Crippen LogP contribution in [0.15, 0.2) is 15.4 Å². The van der Waals surface area contributed by atoms with Crippen molar-refractivity contribution in [3.05, 3.63) is 17.6 Å². The van der Waals surface area contributed by atoms with Crippen molar-refractivity contribution in [2.24, 2.45) is 5.73 Å². The smallest absolute Gasteiger partial charge is 0.244 e. The van der Waals surface area contributed by atoms with Crippen molar-refractivity contribution >= 4 is 10.0 Å². The Morgan fingerprint density at radius 2 is 2.13 bits per heavy atom. The van der Waals surface area contributed by atoms with E-state index in [0.717, 1.165) is 0 Å². The van der Waals surface area contributed by atoms with Crippen molar-refractivity contribution in [3.63, 3.8) is 0 Å². The Morgan fingerprint density at radius 1 is 1.53 bits per heavy atom. The zero-order valence-electron chi connectivity index (χ0n) is 9.07. The minimum atomic E-state index is -3.48. The van der Waals surface area contributed by atoms with Crippen molar-refractivity contribution < 1.29 is 12.8 Å². The molecule has 0 bridgehead atoms. The van der Waals surface area contributed by atoms with Gasteiger partial charge in [-0.15, -0.1) is 0 Å². The lowest BCUT2D eigenvalue weighted by Gasteiger charge is -2.07. The molecule has 0 saturated carbocycles. The molecule has 0 atom stereocenters. The monoisotopic (exact) mass is 232 g/mol. The summed E-state index contributed by atoms with van der Waals surface area (Å²) in [4.78, 5) is 0.164. The molecule has 5 nitrogen and oxygen atoms in total. The van der Waals surface area contributed by atoms with Gasteiger partial charge >= 0.3 is 0 Å². The van der Waals surface area contributed by atoms with Crippen LogP contribution in [0.1, 0.15) is 25.4 Å². The molecular formula is C9H16N2O3S. The van der Waals surface area contributed by atoms with Gasteiger partial charge in [0, 0.05) is 12.1 Å². The summed E-state index contributed by atoms with van der Waals surface area (Å²) in [5.41, 5.74) is 5.37. The minimum Gasteiger partial charge on any atom is -0.464 e. The lowest BCUT2D eigenvalue weighted by molar-refractivity contribution is 0.478. The number of furan rings is 1. The normalized spacial score (nSPS) is 12.3. The molecule has 0 aliphatic rings. The number of aryl methyl sites for hydroxylation is 1. The fourth-order valence-electron chi connectivity index (χ4n) is 1.27. The molecule has 86 valence electrons. The van der Waals surface area contributed by atoms with Crippen molar-refractivity contribution in [3.8, 4) is 0 Å². The lowest BCUT2D eigenvalue weighted by Crippen LogP contribution is -2.30. The number of rotatable bonds is 4. The van der Waals surface area contributed by atoms with Crippen LogP contribution in [0, 0.1) is 6.92 Å². The number of hydrogen-bond acceptors (Lipinski definition) is 4. The molecule has 1 rings (SSSR count). The fraction of sp³-hybridized carbons (Fsp3) is 0.556. The van der Waals surface area contributed by atoms with Gasteiger partial charge in [-0.25, -0.2) is 13.1 Å². The average Bonchev–Trinajstić information content (AvgIpc) is 2.45. The van der Waals surface area contributed by atoms with Gasteiger partial charge in [0.1, 0.15) is 16.4 Å². The quantitative estimate of drug-likeness (QED) is 0.801. The van der Waals surface area contributed by atoms with Gasteiger partial charge in [0.05, 0.1) is 6.54 Å².